The van der Waals surface area contributed by atoms with Gasteiger partial charge in [-0.05, 0) is 24.1 Å². The van der Waals surface area contributed by atoms with E-state index in [1.54, 1.807) is 19.9 Å². The van der Waals surface area contributed by atoms with Gasteiger partial charge in [0, 0.05) is 10.4 Å². The Bertz CT molecular complexity index is 722. The van der Waals surface area contributed by atoms with Crippen LogP contribution in [0, 0.1) is 0 Å². The topological polar surface area (TPSA) is 42.1 Å². The van der Waals surface area contributed by atoms with Crippen LogP contribution < -0.4 is 10.3 Å². The second kappa shape index (κ2) is 5.60. The van der Waals surface area contributed by atoms with E-state index in [9.17, 15) is 18.0 Å². The Labute approximate surface area is 123 Å². The molecule has 21 heavy (non-hydrogen) atoms. The Morgan fingerprint density at radius 3 is 2.57 bits per heavy atom. The van der Waals surface area contributed by atoms with Gasteiger partial charge in [-0.15, -0.1) is 0 Å². The Morgan fingerprint density at radius 1 is 1.33 bits per heavy atom. The summed E-state index contributed by atoms with van der Waals surface area (Å²) in [6.07, 6.45) is -4.48. The lowest BCUT2D eigenvalue weighted by atomic mass is 10.0. The molecule has 0 atom stereocenters. The average Bonchev–Trinajstić information content (AvgIpc) is 2.34. The lowest BCUT2D eigenvalue weighted by Crippen LogP contribution is -2.23. The highest BCUT2D eigenvalue weighted by atomic mass is 35.5. The zero-order valence-electron chi connectivity index (χ0n) is 11.3. The van der Waals surface area contributed by atoms with Crippen molar-refractivity contribution in [1.29, 1.82) is 0 Å². The summed E-state index contributed by atoms with van der Waals surface area (Å²) in [5, 5.41) is 0.705. The first-order chi connectivity index (χ1) is 9.69. The van der Waals surface area contributed by atoms with Crippen LogP contribution in [0.15, 0.2) is 23.0 Å². The Kier molecular flexibility index (Phi) is 4.18. The predicted molar refractivity (Wildman–Crippen MR) is 75.2 cm³/mol. The molecule has 0 spiro atoms. The first kappa shape index (κ1) is 15.7. The van der Waals surface area contributed by atoms with Crippen LogP contribution in [-0.2, 0) is 0 Å². The first-order valence-corrected chi connectivity index (χ1v) is 6.62. The molecule has 1 aromatic carbocycles. The average molecular weight is 320 g/mol. The third-order valence-electron chi connectivity index (χ3n) is 2.92. The van der Waals surface area contributed by atoms with E-state index in [2.05, 4.69) is 4.98 Å². The molecule has 3 nitrogen and oxygen atoms in total. The SMILES string of the molecule is CC(C)c1c(OCC(F)(F)F)c2cc(Cl)ccc2[nH]c1=O. The number of pyridine rings is 1. The Hall–Kier alpha value is -1.69. The first-order valence-electron chi connectivity index (χ1n) is 6.24. The van der Waals surface area contributed by atoms with Crippen LogP contribution in [0.1, 0.15) is 25.3 Å². The molecule has 1 aromatic heterocycles. The van der Waals surface area contributed by atoms with Crippen molar-refractivity contribution in [2.24, 2.45) is 0 Å². The molecule has 0 fully saturated rings. The molecule has 7 heteroatoms. The number of hydrogen-bond acceptors (Lipinski definition) is 2. The van der Waals surface area contributed by atoms with Crippen LogP contribution in [0.5, 0.6) is 5.75 Å². The smallest absolute Gasteiger partial charge is 0.422 e. The van der Waals surface area contributed by atoms with Gasteiger partial charge in [0.05, 0.1) is 11.1 Å². The number of aromatic amines is 1. The van der Waals surface area contributed by atoms with Gasteiger partial charge in [0.1, 0.15) is 5.75 Å². The van der Waals surface area contributed by atoms with Crippen molar-refractivity contribution in [2.75, 3.05) is 6.61 Å². The molecule has 2 aromatic rings. The summed E-state index contributed by atoms with van der Waals surface area (Å²) in [5.41, 5.74) is 0.0944. The molecule has 0 aliphatic heterocycles. The minimum Gasteiger partial charge on any atom is -0.483 e. The summed E-state index contributed by atoms with van der Waals surface area (Å²) in [7, 11) is 0. The monoisotopic (exact) mass is 319 g/mol. The fourth-order valence-electron chi connectivity index (χ4n) is 2.09. The van der Waals surface area contributed by atoms with E-state index in [1.165, 1.54) is 12.1 Å². The van der Waals surface area contributed by atoms with E-state index >= 15 is 0 Å². The van der Waals surface area contributed by atoms with Crippen LogP contribution in [0.4, 0.5) is 13.2 Å². The molecule has 1 N–H and O–H groups in total. The number of benzene rings is 1. The maximum absolute atomic E-state index is 12.4. The van der Waals surface area contributed by atoms with Gasteiger partial charge in [-0.1, -0.05) is 25.4 Å². The number of rotatable bonds is 3. The van der Waals surface area contributed by atoms with Crippen LogP contribution in [0.3, 0.4) is 0 Å². The molecule has 0 bridgehead atoms. The summed E-state index contributed by atoms with van der Waals surface area (Å²) < 4.78 is 42.2. The van der Waals surface area contributed by atoms with Gasteiger partial charge in [-0.3, -0.25) is 4.79 Å². The van der Waals surface area contributed by atoms with Crippen molar-refractivity contribution in [3.8, 4) is 5.75 Å². The lowest BCUT2D eigenvalue weighted by molar-refractivity contribution is -0.153. The van der Waals surface area contributed by atoms with E-state index in [0.717, 1.165) is 0 Å². The number of hydrogen-bond donors (Lipinski definition) is 1. The molecule has 0 saturated carbocycles. The molecule has 0 aliphatic carbocycles. The van der Waals surface area contributed by atoms with Crippen molar-refractivity contribution in [3.05, 3.63) is 39.1 Å². The summed E-state index contributed by atoms with van der Waals surface area (Å²) in [6.45, 7) is 1.96. The van der Waals surface area contributed by atoms with E-state index < -0.39 is 18.3 Å². The van der Waals surface area contributed by atoms with Gasteiger partial charge >= 0.3 is 6.18 Å². The predicted octanol–water partition coefficient (Wildman–Crippen LogP) is 4.25. The Balaban J connectivity index is 2.68. The zero-order chi connectivity index (χ0) is 15.8. The van der Waals surface area contributed by atoms with Gasteiger partial charge < -0.3 is 9.72 Å². The maximum atomic E-state index is 12.4. The van der Waals surface area contributed by atoms with Gasteiger partial charge in [0.2, 0.25) is 0 Å². The standard InChI is InChI=1S/C14H13ClF3NO2/c1-7(2)11-12(21-6-14(16,17)18)9-5-8(15)3-4-10(9)19-13(11)20/h3-5,7H,6H2,1-2H3,(H,19,20). The highest BCUT2D eigenvalue weighted by Gasteiger charge is 2.30. The van der Waals surface area contributed by atoms with Crippen molar-refractivity contribution in [2.45, 2.75) is 25.9 Å². The lowest BCUT2D eigenvalue weighted by Gasteiger charge is -2.17. The minimum atomic E-state index is -4.48. The summed E-state index contributed by atoms with van der Waals surface area (Å²) in [5.74, 6) is -0.357. The normalized spacial score (nSPS) is 12.1. The summed E-state index contributed by atoms with van der Waals surface area (Å²) in [4.78, 5) is 14.7. The van der Waals surface area contributed by atoms with Gasteiger partial charge in [0.25, 0.3) is 5.56 Å². The van der Waals surface area contributed by atoms with Crippen LogP contribution in [0.25, 0.3) is 10.9 Å². The molecular weight excluding hydrogens is 307 g/mol. The molecule has 2 rings (SSSR count). The maximum Gasteiger partial charge on any atom is 0.422 e. The number of H-pyrrole nitrogens is 1. The Morgan fingerprint density at radius 2 is 2.00 bits per heavy atom. The van der Waals surface area contributed by atoms with Gasteiger partial charge in [-0.2, -0.15) is 13.2 Å². The molecule has 0 aliphatic rings. The van der Waals surface area contributed by atoms with E-state index in [0.29, 0.717) is 15.9 Å². The largest absolute Gasteiger partial charge is 0.483 e. The number of nitrogens with one attached hydrogen (secondary N) is 1. The minimum absolute atomic E-state index is 0.0661. The number of alkyl halides is 3. The molecule has 1 heterocycles. The van der Waals surface area contributed by atoms with Crippen LogP contribution in [-0.4, -0.2) is 17.8 Å². The number of ether oxygens (including phenoxy) is 1. The van der Waals surface area contributed by atoms with Crippen molar-refractivity contribution >= 4 is 22.5 Å². The van der Waals surface area contributed by atoms with Crippen molar-refractivity contribution in [1.82, 2.24) is 4.98 Å². The highest BCUT2D eigenvalue weighted by Crippen LogP contribution is 2.33. The number of aromatic nitrogens is 1. The molecule has 0 amide bonds. The zero-order valence-corrected chi connectivity index (χ0v) is 12.1. The van der Waals surface area contributed by atoms with Crippen molar-refractivity contribution in [3.63, 3.8) is 0 Å². The van der Waals surface area contributed by atoms with E-state index in [4.69, 9.17) is 16.3 Å². The van der Waals surface area contributed by atoms with Gasteiger partial charge in [-0.25, -0.2) is 0 Å². The number of fused-ring (bicyclic) bond motifs is 1. The van der Waals surface area contributed by atoms with Crippen LogP contribution in [0.2, 0.25) is 5.02 Å². The third kappa shape index (κ3) is 3.50. The second-order valence-corrected chi connectivity index (χ2v) is 5.38. The van der Waals surface area contributed by atoms with E-state index in [1.807, 2.05) is 0 Å². The quantitative estimate of drug-likeness (QED) is 0.919. The molecule has 0 unspecified atom stereocenters. The molecule has 0 saturated heterocycles. The molecule has 114 valence electrons. The molecular formula is C14H13ClF3NO2. The van der Waals surface area contributed by atoms with Crippen molar-refractivity contribution < 1.29 is 17.9 Å². The third-order valence-corrected chi connectivity index (χ3v) is 3.16. The fourth-order valence-corrected chi connectivity index (χ4v) is 2.26. The molecule has 0 radical (unpaired) electrons. The summed E-state index contributed by atoms with van der Waals surface area (Å²) >= 11 is 5.88. The second-order valence-electron chi connectivity index (χ2n) is 4.95. The fraction of sp³-hybridized carbons (Fsp3) is 0.357. The van der Waals surface area contributed by atoms with Crippen LogP contribution >= 0.6 is 11.6 Å². The van der Waals surface area contributed by atoms with Gasteiger partial charge in [0.15, 0.2) is 6.61 Å². The van der Waals surface area contributed by atoms with E-state index in [-0.39, 0.29) is 17.2 Å². The number of halogens is 4. The highest BCUT2D eigenvalue weighted by molar-refractivity contribution is 6.31. The summed E-state index contributed by atoms with van der Waals surface area (Å²) in [6, 6.07) is 4.55.